The molecule has 0 aliphatic rings. The van der Waals surface area contributed by atoms with Gasteiger partial charge in [0.15, 0.2) is 0 Å². The monoisotopic (exact) mass is 260 g/mol. The number of carbonyl (C=O) groups excluding carboxylic acids is 1. The molecule has 19 heavy (non-hydrogen) atoms. The maximum absolute atomic E-state index is 12.1. The highest BCUT2D eigenvalue weighted by molar-refractivity contribution is 5.97. The van der Waals surface area contributed by atoms with Crippen LogP contribution in [-0.2, 0) is 7.05 Å². The van der Waals surface area contributed by atoms with Crippen LogP contribution >= 0.6 is 0 Å². The number of nitrogens with two attached hydrogens (primary N) is 1. The summed E-state index contributed by atoms with van der Waals surface area (Å²) in [6, 6.07) is 8.79. The maximum atomic E-state index is 12.1. The molecule has 0 radical (unpaired) electrons. The average molecular weight is 260 g/mol. The number of aryl methyl sites for hydroxylation is 1. The van der Waals surface area contributed by atoms with E-state index in [-0.39, 0.29) is 18.2 Å². The molecule has 1 aromatic carbocycles. The van der Waals surface area contributed by atoms with Gasteiger partial charge in [-0.1, -0.05) is 30.3 Å². The second kappa shape index (κ2) is 5.53. The second-order valence-electron chi connectivity index (χ2n) is 4.19. The van der Waals surface area contributed by atoms with Crippen LogP contribution in [0, 0.1) is 0 Å². The summed E-state index contributed by atoms with van der Waals surface area (Å²) in [5.74, 6) is -0.361. The fraction of sp³-hybridized carbons (Fsp3) is 0.231. The predicted octanol–water partition coefficient (Wildman–Crippen LogP) is 0.466. The summed E-state index contributed by atoms with van der Waals surface area (Å²) in [5.41, 5.74) is 7.12. The molecule has 2 aromatic rings. The molecule has 0 spiro atoms. The van der Waals surface area contributed by atoms with Crippen molar-refractivity contribution in [2.75, 3.05) is 12.3 Å². The molecule has 1 unspecified atom stereocenters. The number of carbonyl (C=O) groups is 1. The zero-order valence-electron chi connectivity index (χ0n) is 10.6. The van der Waals surface area contributed by atoms with Crippen LogP contribution in [0.1, 0.15) is 22.1 Å². The molecule has 100 valence electrons. The molecular formula is C13H16N4O2. The molecule has 0 aliphatic carbocycles. The Morgan fingerprint density at radius 2 is 2.16 bits per heavy atom. The number of aliphatic hydroxyl groups is 1. The molecule has 0 saturated heterocycles. The van der Waals surface area contributed by atoms with Crippen LogP contribution in [0.2, 0.25) is 0 Å². The first-order valence-electron chi connectivity index (χ1n) is 5.87. The van der Waals surface area contributed by atoms with Crippen LogP contribution in [0.15, 0.2) is 36.5 Å². The summed E-state index contributed by atoms with van der Waals surface area (Å²) in [6.07, 6.45) is 1.42. The second-order valence-corrected chi connectivity index (χ2v) is 4.19. The van der Waals surface area contributed by atoms with Crippen LogP contribution in [0.4, 0.5) is 5.69 Å². The number of rotatable bonds is 4. The standard InChI is InChI=1S/C13H16N4O2/c1-17-12(10(14)7-15-17)13(19)16-11(8-18)9-5-3-2-4-6-9/h2-7,11,18H,8,14H2,1H3,(H,16,19). The van der Waals surface area contributed by atoms with Crippen molar-refractivity contribution >= 4 is 11.6 Å². The van der Waals surface area contributed by atoms with Crippen molar-refractivity contribution in [2.45, 2.75) is 6.04 Å². The van der Waals surface area contributed by atoms with Crippen molar-refractivity contribution in [2.24, 2.45) is 7.05 Å². The van der Waals surface area contributed by atoms with Crippen molar-refractivity contribution < 1.29 is 9.90 Å². The van der Waals surface area contributed by atoms with Gasteiger partial charge < -0.3 is 16.2 Å². The molecule has 1 amide bonds. The van der Waals surface area contributed by atoms with E-state index >= 15 is 0 Å². The van der Waals surface area contributed by atoms with Gasteiger partial charge in [-0.05, 0) is 5.56 Å². The Morgan fingerprint density at radius 3 is 2.68 bits per heavy atom. The summed E-state index contributed by atoms with van der Waals surface area (Å²) >= 11 is 0. The lowest BCUT2D eigenvalue weighted by Gasteiger charge is -2.16. The normalized spacial score (nSPS) is 12.1. The van der Waals surface area contributed by atoms with Crippen molar-refractivity contribution in [1.29, 1.82) is 0 Å². The molecule has 2 rings (SSSR count). The van der Waals surface area contributed by atoms with E-state index in [0.717, 1.165) is 5.56 Å². The Hall–Kier alpha value is -2.34. The highest BCUT2D eigenvalue weighted by Crippen LogP contribution is 2.15. The van der Waals surface area contributed by atoms with Gasteiger partial charge in [-0.3, -0.25) is 9.48 Å². The molecule has 1 atom stereocenters. The number of anilines is 1. The number of hydrogen-bond donors (Lipinski definition) is 3. The average Bonchev–Trinajstić information content (AvgIpc) is 2.76. The minimum atomic E-state index is -0.469. The minimum Gasteiger partial charge on any atom is -0.396 e. The number of nitrogen functional groups attached to an aromatic ring is 1. The van der Waals surface area contributed by atoms with E-state index in [2.05, 4.69) is 10.4 Å². The number of hydrogen-bond acceptors (Lipinski definition) is 4. The zero-order valence-corrected chi connectivity index (χ0v) is 10.6. The number of amides is 1. The van der Waals surface area contributed by atoms with Crippen molar-refractivity contribution in [3.8, 4) is 0 Å². The molecule has 6 heteroatoms. The zero-order chi connectivity index (χ0) is 13.8. The topological polar surface area (TPSA) is 93.2 Å². The first-order chi connectivity index (χ1) is 9.13. The number of nitrogens with zero attached hydrogens (tertiary/aromatic N) is 2. The van der Waals surface area contributed by atoms with E-state index in [9.17, 15) is 9.90 Å². The third-order valence-corrected chi connectivity index (χ3v) is 2.87. The maximum Gasteiger partial charge on any atom is 0.272 e. The highest BCUT2D eigenvalue weighted by Gasteiger charge is 2.19. The molecule has 4 N–H and O–H groups in total. The lowest BCUT2D eigenvalue weighted by Crippen LogP contribution is -2.32. The first-order valence-corrected chi connectivity index (χ1v) is 5.87. The van der Waals surface area contributed by atoms with E-state index in [4.69, 9.17) is 5.73 Å². The van der Waals surface area contributed by atoms with Gasteiger partial charge in [-0.15, -0.1) is 0 Å². The van der Waals surface area contributed by atoms with Gasteiger partial charge in [-0.2, -0.15) is 5.10 Å². The number of nitrogens with one attached hydrogen (secondary N) is 1. The van der Waals surface area contributed by atoms with Gasteiger partial charge in [0, 0.05) is 7.05 Å². The van der Waals surface area contributed by atoms with E-state index < -0.39 is 6.04 Å². The van der Waals surface area contributed by atoms with Gasteiger partial charge in [0.05, 0.1) is 24.5 Å². The van der Waals surface area contributed by atoms with Gasteiger partial charge in [0.1, 0.15) is 5.69 Å². The van der Waals surface area contributed by atoms with Gasteiger partial charge >= 0.3 is 0 Å². The first kappa shape index (κ1) is 13.1. The molecule has 0 bridgehead atoms. The van der Waals surface area contributed by atoms with E-state index in [1.807, 2.05) is 30.3 Å². The van der Waals surface area contributed by atoms with Crippen LogP contribution in [0.25, 0.3) is 0 Å². The van der Waals surface area contributed by atoms with Crippen molar-refractivity contribution in [1.82, 2.24) is 15.1 Å². The quantitative estimate of drug-likeness (QED) is 0.744. The SMILES string of the molecule is Cn1ncc(N)c1C(=O)NC(CO)c1ccccc1. The van der Waals surface area contributed by atoms with Crippen LogP contribution in [0.5, 0.6) is 0 Å². The molecule has 0 aliphatic heterocycles. The summed E-state index contributed by atoms with van der Waals surface area (Å²) in [6.45, 7) is -0.187. The molecule has 0 fully saturated rings. The minimum absolute atomic E-state index is 0.187. The molecule has 1 aromatic heterocycles. The van der Waals surface area contributed by atoms with Crippen LogP contribution in [-0.4, -0.2) is 27.4 Å². The van der Waals surface area contributed by atoms with Gasteiger partial charge in [-0.25, -0.2) is 0 Å². The summed E-state index contributed by atoms with van der Waals surface area (Å²) in [5, 5.41) is 16.0. The summed E-state index contributed by atoms with van der Waals surface area (Å²) in [7, 11) is 1.64. The summed E-state index contributed by atoms with van der Waals surface area (Å²) in [4.78, 5) is 12.1. The Bertz CT molecular complexity index is 546. The predicted molar refractivity (Wildman–Crippen MR) is 71.4 cm³/mol. The van der Waals surface area contributed by atoms with E-state index in [0.29, 0.717) is 5.69 Å². The van der Waals surface area contributed by atoms with Crippen LogP contribution < -0.4 is 11.1 Å². The molecule has 0 saturated carbocycles. The lowest BCUT2D eigenvalue weighted by atomic mass is 10.1. The fourth-order valence-corrected chi connectivity index (χ4v) is 1.88. The Labute approximate surface area is 110 Å². The third-order valence-electron chi connectivity index (χ3n) is 2.87. The fourth-order valence-electron chi connectivity index (χ4n) is 1.88. The lowest BCUT2D eigenvalue weighted by molar-refractivity contribution is 0.0907. The largest absolute Gasteiger partial charge is 0.396 e. The van der Waals surface area contributed by atoms with Crippen molar-refractivity contribution in [3.63, 3.8) is 0 Å². The van der Waals surface area contributed by atoms with Gasteiger partial charge in [0.2, 0.25) is 0 Å². The van der Waals surface area contributed by atoms with E-state index in [1.165, 1.54) is 10.9 Å². The number of aromatic nitrogens is 2. The smallest absolute Gasteiger partial charge is 0.272 e. The highest BCUT2D eigenvalue weighted by atomic mass is 16.3. The van der Waals surface area contributed by atoms with Crippen molar-refractivity contribution in [3.05, 3.63) is 47.8 Å². The third kappa shape index (κ3) is 2.74. The Morgan fingerprint density at radius 1 is 1.47 bits per heavy atom. The molecule has 6 nitrogen and oxygen atoms in total. The molecular weight excluding hydrogens is 244 g/mol. The Balaban J connectivity index is 2.18. The molecule has 1 heterocycles. The Kier molecular flexibility index (Phi) is 3.82. The number of benzene rings is 1. The van der Waals surface area contributed by atoms with Gasteiger partial charge in [0.25, 0.3) is 5.91 Å². The van der Waals surface area contributed by atoms with E-state index in [1.54, 1.807) is 7.05 Å². The summed E-state index contributed by atoms with van der Waals surface area (Å²) < 4.78 is 1.41. The number of aliphatic hydroxyl groups excluding tert-OH is 1. The van der Waals surface area contributed by atoms with Crippen LogP contribution in [0.3, 0.4) is 0 Å².